The van der Waals surface area contributed by atoms with E-state index in [1.165, 1.54) is 33.9 Å². The van der Waals surface area contributed by atoms with Crippen molar-refractivity contribution in [2.24, 2.45) is 0 Å². The minimum atomic E-state index is -4.84. The highest BCUT2D eigenvalue weighted by atomic mass is 19.4. The van der Waals surface area contributed by atoms with E-state index in [0.29, 0.717) is 31.5 Å². The van der Waals surface area contributed by atoms with E-state index >= 15 is 0 Å². The van der Waals surface area contributed by atoms with Gasteiger partial charge in [-0.2, -0.15) is 13.2 Å². The zero-order valence-corrected chi connectivity index (χ0v) is 22.9. The molecule has 234 valence electrons. The highest BCUT2D eigenvalue weighted by Crippen LogP contribution is 2.29. The van der Waals surface area contributed by atoms with Crippen molar-refractivity contribution in [2.75, 3.05) is 0 Å². The quantitative estimate of drug-likeness (QED) is 0.177. The highest BCUT2D eigenvalue weighted by Gasteiger charge is 2.32. The minimum Gasteiger partial charge on any atom is -0.406 e. The third-order valence-electron chi connectivity index (χ3n) is 6.08. The van der Waals surface area contributed by atoms with Gasteiger partial charge in [-0.25, -0.2) is 0 Å². The first-order chi connectivity index (χ1) is 20.8. The Labute approximate surface area is 245 Å². The molecule has 0 fully saturated rings. The summed E-state index contributed by atoms with van der Waals surface area (Å²) in [5.74, 6) is -1.59. The average Bonchev–Trinajstić information content (AvgIpc) is 3.63. The van der Waals surface area contributed by atoms with Crippen molar-refractivity contribution in [1.82, 2.24) is 45.6 Å². The van der Waals surface area contributed by atoms with Crippen LogP contribution >= 0.6 is 0 Å². The van der Waals surface area contributed by atoms with E-state index in [0.717, 1.165) is 24.4 Å². The number of rotatable bonds is 12. The van der Waals surface area contributed by atoms with Crippen molar-refractivity contribution in [1.29, 1.82) is 0 Å². The van der Waals surface area contributed by atoms with Gasteiger partial charge in [0.25, 0.3) is 11.8 Å². The fourth-order valence-electron chi connectivity index (χ4n) is 3.92. The SMILES string of the molecule is CC(NC(=O)c1cn(CCCCn2cc(C(=O)NCc3cc(C(F)(F)F)ccn3)nn2)nn1)c1cccc(OC(F)(F)F)c1. The van der Waals surface area contributed by atoms with Gasteiger partial charge in [0.2, 0.25) is 0 Å². The van der Waals surface area contributed by atoms with Crippen LogP contribution in [0.4, 0.5) is 26.3 Å². The topological polar surface area (TPSA) is 142 Å². The van der Waals surface area contributed by atoms with Gasteiger partial charge in [-0.15, -0.1) is 23.4 Å². The van der Waals surface area contributed by atoms with Crippen LogP contribution in [0.5, 0.6) is 5.75 Å². The molecule has 1 aromatic carbocycles. The molecule has 0 aliphatic heterocycles. The molecule has 0 spiro atoms. The van der Waals surface area contributed by atoms with Gasteiger partial charge in [-0.1, -0.05) is 22.6 Å². The van der Waals surface area contributed by atoms with E-state index in [1.54, 1.807) is 13.0 Å². The van der Waals surface area contributed by atoms with Crippen molar-refractivity contribution >= 4 is 11.8 Å². The summed E-state index contributed by atoms with van der Waals surface area (Å²) in [7, 11) is 0. The van der Waals surface area contributed by atoms with Crippen LogP contribution in [-0.2, 0) is 25.8 Å². The number of carbonyl (C=O) groups excluding carboxylic acids is 2. The standard InChI is InChI=1S/C26H25F6N9O3/c1-16(17-5-4-6-20(11-17)44-26(30,31)32)35-24(43)22-15-41(39-37-22)10-3-2-9-40-14-21(36-38-40)23(42)34-13-19-12-18(7-8-33-19)25(27,28)29/h4-8,11-12,14-16H,2-3,9-10,13H2,1H3,(H,34,42)(H,35,43). The first-order valence-electron chi connectivity index (χ1n) is 13.0. The average molecular weight is 626 g/mol. The summed E-state index contributed by atoms with van der Waals surface area (Å²) in [6.45, 7) is 2.17. The number of benzene rings is 1. The summed E-state index contributed by atoms with van der Waals surface area (Å²) in [6, 6.07) is 6.31. The second kappa shape index (κ2) is 13.5. The smallest absolute Gasteiger partial charge is 0.406 e. The number of nitrogens with zero attached hydrogens (tertiary/aromatic N) is 7. The predicted molar refractivity (Wildman–Crippen MR) is 139 cm³/mol. The monoisotopic (exact) mass is 625 g/mol. The van der Waals surface area contributed by atoms with Crippen molar-refractivity contribution in [3.8, 4) is 5.75 Å². The minimum absolute atomic E-state index is 0.0160. The number of alkyl halides is 6. The van der Waals surface area contributed by atoms with Gasteiger partial charge in [-0.05, 0) is 49.6 Å². The van der Waals surface area contributed by atoms with Gasteiger partial charge in [0.05, 0.1) is 36.2 Å². The lowest BCUT2D eigenvalue weighted by atomic mass is 10.1. The summed E-state index contributed by atoms with van der Waals surface area (Å²) in [4.78, 5) is 28.7. The second-order valence-electron chi connectivity index (χ2n) is 9.47. The molecule has 44 heavy (non-hydrogen) atoms. The Hall–Kier alpha value is -5.03. The summed E-state index contributed by atoms with van der Waals surface area (Å²) in [5.41, 5.74) is -0.433. The molecule has 3 aromatic heterocycles. The third-order valence-corrected chi connectivity index (χ3v) is 6.08. The highest BCUT2D eigenvalue weighted by molar-refractivity contribution is 5.92. The maximum absolute atomic E-state index is 12.8. The molecule has 0 saturated carbocycles. The molecule has 0 bridgehead atoms. The summed E-state index contributed by atoms with van der Waals surface area (Å²) < 4.78 is 82.8. The number of hydrogen-bond donors (Lipinski definition) is 2. The van der Waals surface area contributed by atoms with E-state index in [-0.39, 0.29) is 23.6 Å². The molecule has 4 rings (SSSR count). The van der Waals surface area contributed by atoms with E-state index in [4.69, 9.17) is 0 Å². The molecule has 0 aliphatic carbocycles. The molecule has 0 aliphatic rings. The summed E-state index contributed by atoms with van der Waals surface area (Å²) in [5, 5.41) is 20.5. The molecule has 0 radical (unpaired) electrons. The van der Waals surface area contributed by atoms with Gasteiger partial charge >= 0.3 is 12.5 Å². The Morgan fingerprint density at radius 3 is 2.16 bits per heavy atom. The molecular weight excluding hydrogens is 600 g/mol. The molecular formula is C26H25F6N9O3. The molecule has 18 heteroatoms. The van der Waals surface area contributed by atoms with E-state index in [2.05, 4.69) is 41.0 Å². The molecule has 1 unspecified atom stereocenters. The van der Waals surface area contributed by atoms with Crippen LogP contribution in [0, 0.1) is 0 Å². The molecule has 12 nitrogen and oxygen atoms in total. The first-order valence-corrected chi connectivity index (χ1v) is 13.0. The second-order valence-corrected chi connectivity index (χ2v) is 9.47. The largest absolute Gasteiger partial charge is 0.573 e. The maximum Gasteiger partial charge on any atom is 0.573 e. The predicted octanol–water partition coefficient (Wildman–Crippen LogP) is 4.08. The number of aromatic nitrogens is 7. The zero-order chi connectivity index (χ0) is 31.9. The first kappa shape index (κ1) is 31.9. The van der Waals surface area contributed by atoms with Crippen LogP contribution in [0.15, 0.2) is 55.0 Å². The molecule has 0 saturated heterocycles. The van der Waals surface area contributed by atoms with Crippen molar-refractivity contribution in [3.05, 3.63) is 83.2 Å². The Balaban J connectivity index is 1.19. The Morgan fingerprint density at radius 2 is 1.55 bits per heavy atom. The van der Waals surface area contributed by atoms with Crippen LogP contribution in [-0.4, -0.2) is 53.1 Å². The Bertz CT molecular complexity index is 1590. The number of ether oxygens (including phenoxy) is 1. The summed E-state index contributed by atoms with van der Waals surface area (Å²) in [6.07, 6.45) is -4.33. The number of unbranched alkanes of at least 4 members (excludes halogenated alkanes) is 1. The van der Waals surface area contributed by atoms with Crippen LogP contribution in [0.1, 0.15) is 63.6 Å². The van der Waals surface area contributed by atoms with Gasteiger partial charge in [-0.3, -0.25) is 23.9 Å². The Morgan fingerprint density at radius 1 is 0.909 bits per heavy atom. The number of carbonyl (C=O) groups is 2. The van der Waals surface area contributed by atoms with Crippen molar-refractivity contribution in [3.63, 3.8) is 0 Å². The third kappa shape index (κ3) is 9.23. The molecule has 4 aromatic rings. The van der Waals surface area contributed by atoms with Gasteiger partial charge < -0.3 is 15.4 Å². The number of amides is 2. The Kier molecular flexibility index (Phi) is 9.80. The van der Waals surface area contributed by atoms with Gasteiger partial charge in [0.1, 0.15) is 5.75 Å². The number of pyridine rings is 1. The van der Waals surface area contributed by atoms with Gasteiger partial charge in [0.15, 0.2) is 11.4 Å². The normalized spacial score (nSPS) is 12.5. The van der Waals surface area contributed by atoms with Crippen molar-refractivity contribution < 1.29 is 40.7 Å². The summed E-state index contributed by atoms with van der Waals surface area (Å²) >= 11 is 0. The number of hydrogen-bond acceptors (Lipinski definition) is 8. The van der Waals surface area contributed by atoms with E-state index in [9.17, 15) is 35.9 Å². The molecule has 3 heterocycles. The van der Waals surface area contributed by atoms with E-state index < -0.39 is 41.7 Å². The molecule has 1 atom stereocenters. The molecule has 2 N–H and O–H groups in total. The molecule has 2 amide bonds. The van der Waals surface area contributed by atoms with Crippen LogP contribution in [0.2, 0.25) is 0 Å². The van der Waals surface area contributed by atoms with Crippen LogP contribution < -0.4 is 15.4 Å². The lowest BCUT2D eigenvalue weighted by Crippen LogP contribution is -2.27. The van der Waals surface area contributed by atoms with Crippen LogP contribution in [0.25, 0.3) is 0 Å². The number of halogens is 6. The van der Waals surface area contributed by atoms with Crippen LogP contribution in [0.3, 0.4) is 0 Å². The van der Waals surface area contributed by atoms with E-state index in [1.807, 2.05) is 0 Å². The number of aryl methyl sites for hydroxylation is 2. The lowest BCUT2D eigenvalue weighted by Gasteiger charge is -2.15. The fourth-order valence-corrected chi connectivity index (χ4v) is 3.92. The fraction of sp³-hybridized carbons (Fsp3) is 0.346. The number of nitrogens with one attached hydrogen (secondary N) is 2. The van der Waals surface area contributed by atoms with Crippen molar-refractivity contribution in [2.45, 2.75) is 58.0 Å². The zero-order valence-electron chi connectivity index (χ0n) is 22.9. The maximum atomic E-state index is 12.8. The lowest BCUT2D eigenvalue weighted by molar-refractivity contribution is -0.274. The van der Waals surface area contributed by atoms with Gasteiger partial charge in [0, 0.05) is 19.3 Å².